The number of hydrogen-bond donors (Lipinski definition) is 2. The number of amides is 1. The number of fused-ring (bicyclic) bond motifs is 3. The van der Waals surface area contributed by atoms with Gasteiger partial charge in [0.2, 0.25) is 5.58 Å². The fraction of sp³-hybridized carbons (Fsp3) is 0.312. The third-order valence-electron chi connectivity index (χ3n) is 3.70. The Morgan fingerprint density at radius 2 is 2.09 bits per heavy atom. The number of rotatable bonds is 4. The van der Waals surface area contributed by atoms with Crippen LogP contribution in [-0.4, -0.2) is 48.5 Å². The molecule has 3 aromatic rings. The summed E-state index contributed by atoms with van der Waals surface area (Å²) in [5, 5.41) is 0.817. The molecular formula is C16H19N4O3+. The van der Waals surface area contributed by atoms with Crippen molar-refractivity contribution in [3.05, 3.63) is 40.4 Å². The lowest BCUT2D eigenvalue weighted by atomic mass is 10.2. The monoisotopic (exact) mass is 315 g/mol. The van der Waals surface area contributed by atoms with E-state index in [9.17, 15) is 9.59 Å². The van der Waals surface area contributed by atoms with Gasteiger partial charge in [-0.2, -0.15) is 0 Å². The number of H-pyrrole nitrogens is 1. The summed E-state index contributed by atoms with van der Waals surface area (Å²) in [5.41, 5.74) is 1.14. The minimum Gasteiger partial charge on any atom is -0.449 e. The van der Waals surface area contributed by atoms with Gasteiger partial charge in [0.1, 0.15) is 17.6 Å². The first-order valence-corrected chi connectivity index (χ1v) is 7.37. The number of quaternary nitrogens is 1. The van der Waals surface area contributed by atoms with E-state index in [2.05, 4.69) is 9.97 Å². The van der Waals surface area contributed by atoms with Crippen LogP contribution < -0.4 is 10.5 Å². The molecule has 0 aliphatic rings. The first-order chi connectivity index (χ1) is 11.0. The van der Waals surface area contributed by atoms with Gasteiger partial charge in [-0.3, -0.25) is 9.59 Å². The molecule has 0 saturated heterocycles. The van der Waals surface area contributed by atoms with Gasteiger partial charge in [-0.1, -0.05) is 12.1 Å². The predicted octanol–water partition coefficient (Wildman–Crippen LogP) is -0.228. The zero-order valence-corrected chi connectivity index (χ0v) is 13.3. The molecule has 120 valence electrons. The van der Waals surface area contributed by atoms with Crippen LogP contribution in [0.5, 0.6) is 0 Å². The number of aromatic nitrogens is 2. The third kappa shape index (κ3) is 2.95. The molecule has 7 nitrogen and oxygen atoms in total. The van der Waals surface area contributed by atoms with Crippen molar-refractivity contribution in [3.8, 4) is 0 Å². The lowest BCUT2D eigenvalue weighted by molar-refractivity contribution is -0.886. The summed E-state index contributed by atoms with van der Waals surface area (Å²) in [7, 11) is 5.33. The summed E-state index contributed by atoms with van der Waals surface area (Å²) in [6.45, 7) is 0.783. The van der Waals surface area contributed by atoms with E-state index in [0.717, 1.165) is 10.3 Å². The second-order valence-electron chi connectivity index (χ2n) is 5.89. The van der Waals surface area contributed by atoms with Gasteiger partial charge < -0.3 is 19.2 Å². The van der Waals surface area contributed by atoms with Crippen molar-refractivity contribution in [2.75, 3.05) is 27.7 Å². The standard InChI is InChI=1S/C16H18N4O3/c1-19(2)13(21)9-20(3)8-12-17-14-10-6-4-5-7-11(10)23-15(14)16(22)18-12/h4-7H,8-9H2,1-3H3,(H,17,18,22)/p+1. The van der Waals surface area contributed by atoms with Crippen molar-refractivity contribution in [3.63, 3.8) is 0 Å². The predicted molar refractivity (Wildman–Crippen MR) is 86.3 cm³/mol. The Bertz CT molecular complexity index is 926. The molecule has 7 heteroatoms. The van der Waals surface area contributed by atoms with E-state index < -0.39 is 0 Å². The minimum atomic E-state index is -0.298. The number of benzene rings is 1. The molecule has 0 aliphatic carbocycles. The minimum absolute atomic E-state index is 0.0275. The van der Waals surface area contributed by atoms with Crippen molar-refractivity contribution in [2.45, 2.75) is 6.54 Å². The average molecular weight is 315 g/mol. The molecule has 1 aromatic carbocycles. The number of aromatic amines is 1. The molecule has 1 atom stereocenters. The summed E-state index contributed by atoms with van der Waals surface area (Å²) in [5.74, 6) is 0.567. The van der Waals surface area contributed by atoms with Crippen LogP contribution in [0.2, 0.25) is 0 Å². The summed E-state index contributed by atoms with van der Waals surface area (Å²) in [4.78, 5) is 33.7. The molecule has 2 N–H and O–H groups in total. The second-order valence-corrected chi connectivity index (χ2v) is 5.89. The van der Waals surface area contributed by atoms with Crippen molar-refractivity contribution in [1.82, 2.24) is 14.9 Å². The van der Waals surface area contributed by atoms with Gasteiger partial charge in [-0.15, -0.1) is 0 Å². The molecule has 0 aliphatic heterocycles. The molecule has 0 bridgehead atoms. The maximum absolute atomic E-state index is 12.2. The zero-order chi connectivity index (χ0) is 16.6. The number of para-hydroxylation sites is 1. The van der Waals surface area contributed by atoms with Crippen LogP contribution in [0.15, 0.2) is 33.5 Å². The molecule has 0 saturated carbocycles. The van der Waals surface area contributed by atoms with E-state index in [1.807, 2.05) is 31.3 Å². The maximum Gasteiger partial charge on any atom is 0.294 e. The largest absolute Gasteiger partial charge is 0.449 e. The Hall–Kier alpha value is -2.67. The van der Waals surface area contributed by atoms with Crippen molar-refractivity contribution < 1.29 is 14.1 Å². The second kappa shape index (κ2) is 5.85. The maximum atomic E-state index is 12.2. The summed E-state index contributed by atoms with van der Waals surface area (Å²) >= 11 is 0. The molecule has 2 aromatic heterocycles. The van der Waals surface area contributed by atoms with Crippen LogP contribution in [0.3, 0.4) is 0 Å². The van der Waals surface area contributed by atoms with Gasteiger partial charge in [0.05, 0.1) is 7.05 Å². The SMILES string of the molecule is CN(C)C(=O)C[NH+](C)Cc1nc2c(oc3ccccc32)c(=O)[nH]1. The lowest BCUT2D eigenvalue weighted by Gasteiger charge is -2.15. The quantitative estimate of drug-likeness (QED) is 0.697. The van der Waals surface area contributed by atoms with Gasteiger partial charge in [0.15, 0.2) is 12.4 Å². The van der Waals surface area contributed by atoms with Gasteiger partial charge >= 0.3 is 0 Å². The normalized spacial score (nSPS) is 12.7. The molecule has 3 rings (SSSR count). The number of hydrogen-bond acceptors (Lipinski definition) is 4. The van der Waals surface area contributed by atoms with Gasteiger partial charge in [-0.25, -0.2) is 4.98 Å². The first kappa shape index (κ1) is 15.2. The molecule has 0 spiro atoms. The highest BCUT2D eigenvalue weighted by Crippen LogP contribution is 2.24. The number of nitrogens with zero attached hydrogens (tertiary/aromatic N) is 2. The van der Waals surface area contributed by atoms with Gasteiger partial charge in [0.25, 0.3) is 11.5 Å². The number of nitrogens with one attached hydrogen (secondary N) is 2. The molecule has 23 heavy (non-hydrogen) atoms. The smallest absolute Gasteiger partial charge is 0.294 e. The Kier molecular flexibility index (Phi) is 3.87. The Labute approximate surface area is 132 Å². The molecular weight excluding hydrogens is 296 g/mol. The summed E-state index contributed by atoms with van der Waals surface area (Å²) < 4.78 is 5.57. The van der Waals surface area contributed by atoms with Crippen LogP contribution in [-0.2, 0) is 11.3 Å². The Morgan fingerprint density at radius 3 is 2.83 bits per heavy atom. The average Bonchev–Trinajstić information content (AvgIpc) is 2.86. The molecule has 2 heterocycles. The molecule has 1 amide bonds. The molecule has 0 fully saturated rings. The van der Waals surface area contributed by atoms with Crippen LogP contribution in [0.25, 0.3) is 22.1 Å². The van der Waals surface area contributed by atoms with Crippen LogP contribution in [0, 0.1) is 0 Å². The van der Waals surface area contributed by atoms with Crippen molar-refractivity contribution >= 4 is 28.0 Å². The van der Waals surface area contributed by atoms with E-state index >= 15 is 0 Å². The molecule has 0 radical (unpaired) electrons. The highest BCUT2D eigenvalue weighted by molar-refractivity contribution is 6.01. The van der Waals surface area contributed by atoms with Crippen LogP contribution in [0.1, 0.15) is 5.82 Å². The number of carbonyl (C=O) groups excluding carboxylic acids is 1. The number of likely N-dealkylation sites (N-methyl/N-ethyl adjacent to an activating group) is 2. The number of furan rings is 1. The Morgan fingerprint density at radius 1 is 1.35 bits per heavy atom. The lowest BCUT2D eigenvalue weighted by Crippen LogP contribution is -3.09. The fourth-order valence-corrected chi connectivity index (χ4v) is 2.50. The highest BCUT2D eigenvalue weighted by atomic mass is 16.3. The van der Waals surface area contributed by atoms with E-state index in [1.54, 1.807) is 19.0 Å². The van der Waals surface area contributed by atoms with E-state index in [4.69, 9.17) is 4.42 Å². The van der Waals surface area contributed by atoms with Gasteiger partial charge in [-0.05, 0) is 12.1 Å². The molecule has 1 unspecified atom stereocenters. The summed E-state index contributed by atoms with van der Waals surface area (Å²) in [6.07, 6.45) is 0. The summed E-state index contributed by atoms with van der Waals surface area (Å²) in [6, 6.07) is 7.42. The van der Waals surface area contributed by atoms with Gasteiger partial charge in [0, 0.05) is 19.5 Å². The van der Waals surface area contributed by atoms with Crippen LogP contribution >= 0.6 is 0 Å². The number of carbonyl (C=O) groups is 1. The highest BCUT2D eigenvalue weighted by Gasteiger charge is 2.17. The van der Waals surface area contributed by atoms with E-state index in [1.165, 1.54) is 0 Å². The zero-order valence-electron chi connectivity index (χ0n) is 13.3. The van der Waals surface area contributed by atoms with Crippen molar-refractivity contribution in [1.29, 1.82) is 0 Å². The van der Waals surface area contributed by atoms with E-state index in [-0.39, 0.29) is 17.0 Å². The van der Waals surface area contributed by atoms with E-state index in [0.29, 0.717) is 30.0 Å². The first-order valence-electron chi connectivity index (χ1n) is 7.37. The van der Waals surface area contributed by atoms with Crippen molar-refractivity contribution in [2.24, 2.45) is 0 Å². The Balaban J connectivity index is 1.94. The topological polar surface area (TPSA) is 83.6 Å². The third-order valence-corrected chi connectivity index (χ3v) is 3.70. The fourth-order valence-electron chi connectivity index (χ4n) is 2.50. The van der Waals surface area contributed by atoms with Crippen LogP contribution in [0.4, 0.5) is 0 Å².